The van der Waals surface area contributed by atoms with Crippen molar-refractivity contribution < 1.29 is 0 Å². The maximum atomic E-state index is 9.09. The second-order valence-corrected chi connectivity index (χ2v) is 4.59. The van der Waals surface area contributed by atoms with Gasteiger partial charge in [-0.05, 0) is 34.4 Å². The molecule has 0 saturated heterocycles. The first-order valence-corrected chi connectivity index (χ1v) is 6.53. The molecule has 0 radical (unpaired) electrons. The summed E-state index contributed by atoms with van der Waals surface area (Å²) in [6, 6.07) is 14.4. The summed E-state index contributed by atoms with van der Waals surface area (Å²) in [7, 11) is 0. The Morgan fingerprint density at radius 2 is 2.06 bits per heavy atom. The Hall–Kier alpha value is -1.63. The highest BCUT2D eigenvalue weighted by Crippen LogP contribution is 2.15. The van der Waals surface area contributed by atoms with E-state index >= 15 is 0 Å². The summed E-state index contributed by atoms with van der Waals surface area (Å²) in [5.41, 5.74) is 2.35. The molecule has 3 heteroatoms. The molecular formula is C14H14N2S. The summed E-state index contributed by atoms with van der Waals surface area (Å²) < 4.78 is 0. The number of rotatable bonds is 5. The van der Waals surface area contributed by atoms with Crippen LogP contribution in [0.5, 0.6) is 0 Å². The number of hydrogen-bond donors (Lipinski definition) is 1. The van der Waals surface area contributed by atoms with Gasteiger partial charge in [0.2, 0.25) is 0 Å². The zero-order chi connectivity index (χ0) is 11.9. The minimum atomic E-state index is -0.190. The smallest absolute Gasteiger partial charge is 0.122 e. The van der Waals surface area contributed by atoms with Crippen molar-refractivity contribution in [3.8, 4) is 6.07 Å². The SMILES string of the molecule is N#CC(NCCc1ccccc1)c1ccsc1. The summed E-state index contributed by atoms with van der Waals surface area (Å²) in [4.78, 5) is 0. The fraction of sp³-hybridized carbons (Fsp3) is 0.214. The third-order valence-electron chi connectivity index (χ3n) is 2.61. The van der Waals surface area contributed by atoms with E-state index in [9.17, 15) is 0 Å². The standard InChI is InChI=1S/C14H14N2S/c15-10-14(13-7-9-17-11-13)16-8-6-12-4-2-1-3-5-12/h1-5,7,9,11,14,16H,6,8H2. The van der Waals surface area contributed by atoms with Crippen molar-refractivity contribution in [1.29, 1.82) is 5.26 Å². The van der Waals surface area contributed by atoms with Crippen LogP contribution in [0.25, 0.3) is 0 Å². The van der Waals surface area contributed by atoms with Gasteiger partial charge in [-0.15, -0.1) is 0 Å². The first kappa shape index (κ1) is 11.8. The molecule has 2 rings (SSSR count). The molecule has 1 heterocycles. The Bertz CT molecular complexity index is 471. The lowest BCUT2D eigenvalue weighted by Crippen LogP contribution is -2.22. The van der Waals surface area contributed by atoms with Crippen LogP contribution in [-0.2, 0) is 6.42 Å². The molecule has 1 N–H and O–H groups in total. The van der Waals surface area contributed by atoms with E-state index < -0.39 is 0 Å². The number of nitrogens with one attached hydrogen (secondary N) is 1. The molecule has 0 bridgehead atoms. The molecule has 1 aromatic carbocycles. The van der Waals surface area contributed by atoms with Gasteiger partial charge in [-0.2, -0.15) is 16.6 Å². The van der Waals surface area contributed by atoms with Gasteiger partial charge in [-0.25, -0.2) is 0 Å². The molecule has 86 valence electrons. The van der Waals surface area contributed by atoms with Crippen molar-refractivity contribution in [1.82, 2.24) is 5.32 Å². The van der Waals surface area contributed by atoms with Crippen molar-refractivity contribution in [2.75, 3.05) is 6.54 Å². The molecule has 1 unspecified atom stereocenters. The maximum absolute atomic E-state index is 9.09. The maximum Gasteiger partial charge on any atom is 0.122 e. The van der Waals surface area contributed by atoms with Crippen LogP contribution in [0.15, 0.2) is 47.2 Å². The van der Waals surface area contributed by atoms with Gasteiger partial charge in [0.1, 0.15) is 6.04 Å². The van der Waals surface area contributed by atoms with E-state index in [2.05, 4.69) is 23.5 Å². The van der Waals surface area contributed by atoms with E-state index in [-0.39, 0.29) is 6.04 Å². The van der Waals surface area contributed by atoms with Crippen molar-refractivity contribution in [2.45, 2.75) is 12.5 Å². The van der Waals surface area contributed by atoms with Gasteiger partial charge in [-0.1, -0.05) is 30.3 Å². The van der Waals surface area contributed by atoms with E-state index in [1.807, 2.05) is 35.0 Å². The Morgan fingerprint density at radius 1 is 1.24 bits per heavy atom. The van der Waals surface area contributed by atoms with Crippen LogP contribution in [0.2, 0.25) is 0 Å². The molecule has 2 aromatic rings. The second-order valence-electron chi connectivity index (χ2n) is 3.81. The third-order valence-corrected chi connectivity index (χ3v) is 3.31. The lowest BCUT2D eigenvalue weighted by Gasteiger charge is -2.09. The van der Waals surface area contributed by atoms with Crippen LogP contribution < -0.4 is 5.32 Å². The van der Waals surface area contributed by atoms with Gasteiger partial charge in [-0.3, -0.25) is 5.32 Å². The zero-order valence-electron chi connectivity index (χ0n) is 9.47. The Kier molecular flexibility index (Phi) is 4.31. The monoisotopic (exact) mass is 242 g/mol. The van der Waals surface area contributed by atoms with E-state index in [0.717, 1.165) is 18.5 Å². The minimum absolute atomic E-state index is 0.190. The predicted molar refractivity (Wildman–Crippen MR) is 70.8 cm³/mol. The summed E-state index contributed by atoms with van der Waals surface area (Å²) in [5, 5.41) is 16.4. The number of benzene rings is 1. The van der Waals surface area contributed by atoms with E-state index in [1.165, 1.54) is 5.56 Å². The normalized spacial score (nSPS) is 11.9. The molecule has 1 atom stereocenters. The predicted octanol–water partition coefficient (Wildman–Crippen LogP) is 3.15. The molecule has 0 aliphatic heterocycles. The number of hydrogen-bond acceptors (Lipinski definition) is 3. The molecule has 0 saturated carbocycles. The van der Waals surface area contributed by atoms with Gasteiger partial charge < -0.3 is 0 Å². The van der Waals surface area contributed by atoms with E-state index in [0.29, 0.717) is 0 Å². The van der Waals surface area contributed by atoms with Gasteiger partial charge in [0.25, 0.3) is 0 Å². The molecule has 17 heavy (non-hydrogen) atoms. The van der Waals surface area contributed by atoms with Crippen LogP contribution >= 0.6 is 11.3 Å². The number of thiophene rings is 1. The number of nitrogens with zero attached hydrogens (tertiary/aromatic N) is 1. The quantitative estimate of drug-likeness (QED) is 0.874. The highest BCUT2D eigenvalue weighted by Gasteiger charge is 2.09. The second kappa shape index (κ2) is 6.19. The van der Waals surface area contributed by atoms with E-state index in [1.54, 1.807) is 11.3 Å². The fourth-order valence-corrected chi connectivity index (χ4v) is 2.37. The fourth-order valence-electron chi connectivity index (χ4n) is 1.68. The van der Waals surface area contributed by atoms with E-state index in [4.69, 9.17) is 5.26 Å². The average Bonchev–Trinajstić information content (AvgIpc) is 2.90. The first-order valence-electron chi connectivity index (χ1n) is 5.59. The van der Waals surface area contributed by atoms with Gasteiger partial charge in [0, 0.05) is 6.54 Å². The van der Waals surface area contributed by atoms with Crippen molar-refractivity contribution >= 4 is 11.3 Å². The van der Waals surface area contributed by atoms with Gasteiger partial charge >= 0.3 is 0 Å². The third kappa shape index (κ3) is 3.42. The summed E-state index contributed by atoms with van der Waals surface area (Å²) in [6.07, 6.45) is 0.948. The molecule has 0 aliphatic rings. The molecule has 2 nitrogen and oxygen atoms in total. The topological polar surface area (TPSA) is 35.8 Å². The van der Waals surface area contributed by atoms with Crippen LogP contribution in [0, 0.1) is 11.3 Å². The average molecular weight is 242 g/mol. The lowest BCUT2D eigenvalue weighted by atomic mass is 10.1. The Morgan fingerprint density at radius 3 is 2.71 bits per heavy atom. The Labute approximate surface area is 106 Å². The molecule has 0 amide bonds. The lowest BCUT2D eigenvalue weighted by molar-refractivity contribution is 0.631. The van der Waals surface area contributed by atoms with Crippen molar-refractivity contribution in [2.24, 2.45) is 0 Å². The Balaban J connectivity index is 1.84. The first-order chi connectivity index (χ1) is 8.40. The van der Waals surface area contributed by atoms with Crippen molar-refractivity contribution in [3.05, 3.63) is 58.3 Å². The van der Waals surface area contributed by atoms with Gasteiger partial charge in [0.05, 0.1) is 6.07 Å². The molecule has 0 fully saturated rings. The summed E-state index contributed by atoms with van der Waals surface area (Å²) >= 11 is 1.62. The molecule has 1 aromatic heterocycles. The highest BCUT2D eigenvalue weighted by atomic mass is 32.1. The highest BCUT2D eigenvalue weighted by molar-refractivity contribution is 7.08. The minimum Gasteiger partial charge on any atom is -0.298 e. The van der Waals surface area contributed by atoms with Crippen LogP contribution in [0.3, 0.4) is 0 Å². The summed E-state index contributed by atoms with van der Waals surface area (Å²) in [6.45, 7) is 0.818. The molecule has 0 spiro atoms. The van der Waals surface area contributed by atoms with Crippen LogP contribution in [0.4, 0.5) is 0 Å². The van der Waals surface area contributed by atoms with Gasteiger partial charge in [0.15, 0.2) is 0 Å². The number of nitriles is 1. The summed E-state index contributed by atoms with van der Waals surface area (Å²) in [5.74, 6) is 0. The molecular weight excluding hydrogens is 228 g/mol. The van der Waals surface area contributed by atoms with Crippen LogP contribution in [0.1, 0.15) is 17.2 Å². The van der Waals surface area contributed by atoms with Crippen molar-refractivity contribution in [3.63, 3.8) is 0 Å². The van der Waals surface area contributed by atoms with Crippen LogP contribution in [-0.4, -0.2) is 6.54 Å². The zero-order valence-corrected chi connectivity index (χ0v) is 10.3. The molecule has 0 aliphatic carbocycles. The largest absolute Gasteiger partial charge is 0.298 e.